The monoisotopic (exact) mass is 262 g/mol. The molecule has 18 heavy (non-hydrogen) atoms. The summed E-state index contributed by atoms with van der Waals surface area (Å²) < 4.78 is 10.00. The number of rotatable bonds is 6. The number of nitrogens with zero attached hydrogens (tertiary/aromatic N) is 1. The molecular weight excluding hydrogens is 244 g/mol. The molecule has 0 unspecified atom stereocenters. The fraction of sp³-hybridized carbons (Fsp3) is 0.357. The number of ether oxygens (including phenoxy) is 1. The zero-order valence-electron chi connectivity index (χ0n) is 10.6. The molecule has 0 saturated heterocycles. The summed E-state index contributed by atoms with van der Waals surface area (Å²) in [6, 6.07) is 10.2. The minimum Gasteiger partial charge on any atom is -0.494 e. The average Bonchev–Trinajstić information content (AvgIpc) is 2.86. The normalized spacial score (nSPS) is 10.6. The summed E-state index contributed by atoms with van der Waals surface area (Å²) in [7, 11) is 0. The van der Waals surface area contributed by atoms with Crippen LogP contribution in [0.25, 0.3) is 11.3 Å². The minimum absolute atomic E-state index is 0.672. The Balaban J connectivity index is 2.07. The van der Waals surface area contributed by atoms with E-state index in [0.29, 0.717) is 6.54 Å². The maximum atomic E-state index is 5.56. The fourth-order valence-electron chi connectivity index (χ4n) is 1.65. The van der Waals surface area contributed by atoms with Crippen molar-refractivity contribution in [2.45, 2.75) is 19.8 Å². The van der Waals surface area contributed by atoms with Gasteiger partial charge in [-0.05, 0) is 61.3 Å². The fourth-order valence-corrected chi connectivity index (χ4v) is 2.40. The van der Waals surface area contributed by atoms with Gasteiger partial charge < -0.3 is 10.5 Å². The van der Waals surface area contributed by atoms with Gasteiger partial charge in [-0.3, -0.25) is 0 Å². The smallest absolute Gasteiger partial charge is 0.119 e. The van der Waals surface area contributed by atoms with Gasteiger partial charge in [0.05, 0.1) is 12.3 Å². The Labute approximate surface area is 112 Å². The Kier molecular flexibility index (Phi) is 4.73. The van der Waals surface area contributed by atoms with Gasteiger partial charge in [0.15, 0.2) is 0 Å². The molecule has 0 amide bonds. The molecule has 0 bridgehead atoms. The van der Waals surface area contributed by atoms with E-state index < -0.39 is 0 Å². The number of hydrogen-bond donors (Lipinski definition) is 1. The molecule has 0 aliphatic rings. The van der Waals surface area contributed by atoms with Gasteiger partial charge >= 0.3 is 0 Å². The average molecular weight is 262 g/mol. The highest BCUT2D eigenvalue weighted by Crippen LogP contribution is 2.24. The molecule has 1 heterocycles. The van der Waals surface area contributed by atoms with Crippen molar-refractivity contribution < 1.29 is 4.74 Å². The first-order chi connectivity index (χ1) is 8.83. The van der Waals surface area contributed by atoms with Crippen LogP contribution in [-0.4, -0.2) is 17.5 Å². The van der Waals surface area contributed by atoms with Crippen LogP contribution in [0.2, 0.25) is 0 Å². The van der Waals surface area contributed by atoms with Crippen LogP contribution < -0.4 is 10.5 Å². The maximum absolute atomic E-state index is 5.56. The molecule has 0 saturated carbocycles. The molecule has 0 aliphatic heterocycles. The molecule has 0 aliphatic carbocycles. The van der Waals surface area contributed by atoms with Crippen LogP contribution >= 0.6 is 11.5 Å². The number of aromatic nitrogens is 1. The van der Waals surface area contributed by atoms with E-state index in [1.807, 2.05) is 24.3 Å². The first-order valence-electron chi connectivity index (χ1n) is 6.22. The largest absolute Gasteiger partial charge is 0.494 e. The molecule has 1 aromatic carbocycles. The van der Waals surface area contributed by atoms with E-state index in [9.17, 15) is 0 Å². The van der Waals surface area contributed by atoms with Crippen molar-refractivity contribution in [2.75, 3.05) is 13.2 Å². The lowest BCUT2D eigenvalue weighted by Gasteiger charge is -2.04. The molecular formula is C14H18N2OS. The lowest BCUT2D eigenvalue weighted by Crippen LogP contribution is -2.00. The van der Waals surface area contributed by atoms with Gasteiger partial charge in [-0.1, -0.05) is 6.92 Å². The Bertz CT molecular complexity index is 479. The molecule has 2 N–H and O–H groups in total. The van der Waals surface area contributed by atoms with Crippen molar-refractivity contribution in [3.05, 3.63) is 35.2 Å². The summed E-state index contributed by atoms with van der Waals surface area (Å²) in [6.45, 7) is 3.53. The molecule has 4 heteroatoms. The van der Waals surface area contributed by atoms with Crippen LogP contribution in [0, 0.1) is 0 Å². The first kappa shape index (κ1) is 13.1. The van der Waals surface area contributed by atoms with Crippen LogP contribution in [0.3, 0.4) is 0 Å². The van der Waals surface area contributed by atoms with E-state index in [2.05, 4.69) is 17.4 Å². The third-order valence-corrected chi connectivity index (χ3v) is 3.42. The second kappa shape index (κ2) is 6.52. The number of nitrogens with two attached hydrogens (primary N) is 1. The maximum Gasteiger partial charge on any atom is 0.119 e. The van der Waals surface area contributed by atoms with E-state index >= 15 is 0 Å². The highest BCUT2D eigenvalue weighted by atomic mass is 32.1. The second-order valence-electron chi connectivity index (χ2n) is 4.09. The predicted octanol–water partition coefficient (Wildman–Crippen LogP) is 3.10. The Morgan fingerprint density at radius 1 is 1.28 bits per heavy atom. The SMILES string of the molecule is CCCOc1ccc(-c2cc(CCN)sn2)cc1. The molecule has 0 spiro atoms. The highest BCUT2D eigenvalue weighted by Gasteiger charge is 2.04. The minimum atomic E-state index is 0.672. The highest BCUT2D eigenvalue weighted by molar-refractivity contribution is 7.06. The standard InChI is InChI=1S/C14H18N2OS/c1-2-9-17-12-5-3-11(4-6-12)14-10-13(7-8-15)18-16-14/h3-6,10H,2,7-9,15H2,1H3. The Morgan fingerprint density at radius 2 is 2.06 bits per heavy atom. The van der Waals surface area contributed by atoms with Gasteiger partial charge in [0.1, 0.15) is 5.75 Å². The van der Waals surface area contributed by atoms with E-state index in [1.54, 1.807) is 0 Å². The van der Waals surface area contributed by atoms with Gasteiger partial charge in [0, 0.05) is 10.4 Å². The second-order valence-corrected chi connectivity index (χ2v) is 4.98. The van der Waals surface area contributed by atoms with Crippen molar-refractivity contribution in [3.63, 3.8) is 0 Å². The van der Waals surface area contributed by atoms with Crippen molar-refractivity contribution in [2.24, 2.45) is 5.73 Å². The predicted molar refractivity (Wildman–Crippen MR) is 76.1 cm³/mol. The molecule has 0 fully saturated rings. The zero-order valence-corrected chi connectivity index (χ0v) is 11.4. The molecule has 3 nitrogen and oxygen atoms in total. The summed E-state index contributed by atoms with van der Waals surface area (Å²) in [5, 5.41) is 0. The third-order valence-electron chi connectivity index (χ3n) is 2.57. The van der Waals surface area contributed by atoms with E-state index in [-0.39, 0.29) is 0 Å². The van der Waals surface area contributed by atoms with Crippen molar-refractivity contribution in [3.8, 4) is 17.0 Å². The van der Waals surface area contributed by atoms with E-state index in [0.717, 1.165) is 36.5 Å². The van der Waals surface area contributed by atoms with E-state index in [4.69, 9.17) is 10.5 Å². The first-order valence-corrected chi connectivity index (χ1v) is 6.99. The van der Waals surface area contributed by atoms with E-state index in [1.165, 1.54) is 16.4 Å². The van der Waals surface area contributed by atoms with Gasteiger partial charge in [0.25, 0.3) is 0 Å². The van der Waals surface area contributed by atoms with Crippen LogP contribution in [0.4, 0.5) is 0 Å². The topological polar surface area (TPSA) is 48.1 Å². The summed E-state index contributed by atoms with van der Waals surface area (Å²) >= 11 is 1.53. The molecule has 0 radical (unpaired) electrons. The van der Waals surface area contributed by atoms with Crippen LogP contribution in [0.1, 0.15) is 18.2 Å². The Morgan fingerprint density at radius 3 is 2.72 bits per heavy atom. The van der Waals surface area contributed by atoms with Crippen LogP contribution in [0.15, 0.2) is 30.3 Å². The zero-order chi connectivity index (χ0) is 12.8. The third kappa shape index (κ3) is 3.31. The van der Waals surface area contributed by atoms with Gasteiger partial charge in [0.2, 0.25) is 0 Å². The summed E-state index contributed by atoms with van der Waals surface area (Å²) in [5.41, 5.74) is 7.68. The lowest BCUT2D eigenvalue weighted by molar-refractivity contribution is 0.317. The van der Waals surface area contributed by atoms with Crippen molar-refractivity contribution >= 4 is 11.5 Å². The van der Waals surface area contributed by atoms with Crippen LogP contribution in [0.5, 0.6) is 5.75 Å². The summed E-state index contributed by atoms with van der Waals surface area (Å²) in [6.07, 6.45) is 1.92. The van der Waals surface area contributed by atoms with Gasteiger partial charge in [-0.2, -0.15) is 4.37 Å². The molecule has 2 rings (SSSR count). The molecule has 0 atom stereocenters. The van der Waals surface area contributed by atoms with Crippen molar-refractivity contribution in [1.29, 1.82) is 0 Å². The molecule has 2 aromatic rings. The van der Waals surface area contributed by atoms with Crippen molar-refractivity contribution in [1.82, 2.24) is 4.37 Å². The quantitative estimate of drug-likeness (QED) is 0.870. The lowest BCUT2D eigenvalue weighted by atomic mass is 10.1. The van der Waals surface area contributed by atoms with Gasteiger partial charge in [-0.25, -0.2) is 0 Å². The summed E-state index contributed by atoms with van der Waals surface area (Å²) in [4.78, 5) is 1.24. The number of benzene rings is 1. The Hall–Kier alpha value is -1.39. The van der Waals surface area contributed by atoms with Crippen LogP contribution in [-0.2, 0) is 6.42 Å². The summed E-state index contributed by atoms with van der Waals surface area (Å²) in [5.74, 6) is 0.915. The molecule has 96 valence electrons. The van der Waals surface area contributed by atoms with Gasteiger partial charge in [-0.15, -0.1) is 0 Å². The molecule has 1 aromatic heterocycles. The number of hydrogen-bond acceptors (Lipinski definition) is 4.